The van der Waals surface area contributed by atoms with Crippen LogP contribution in [0.15, 0.2) is 66.7 Å². The fraction of sp³-hybridized carbons (Fsp3) is 0.250. The number of carbonyl (C=O) groups excluding carboxylic acids is 3. The average Bonchev–Trinajstić information content (AvgIpc) is 2.85. The molecule has 0 aliphatic carbocycles. The first kappa shape index (κ1) is 25.5. The first-order chi connectivity index (χ1) is 16.9. The molecule has 0 saturated carbocycles. The summed E-state index contributed by atoms with van der Waals surface area (Å²) >= 11 is 0. The van der Waals surface area contributed by atoms with Crippen LogP contribution in [-0.2, 0) is 25.5 Å². The molecule has 0 aromatic heterocycles. The Kier molecular flexibility index (Phi) is 9.01. The summed E-state index contributed by atoms with van der Waals surface area (Å²) in [6.45, 7) is 5.56. The van der Waals surface area contributed by atoms with E-state index in [1.54, 1.807) is 30.3 Å². The Morgan fingerprint density at radius 3 is 2.14 bits per heavy atom. The zero-order valence-electron chi connectivity index (χ0n) is 20.2. The van der Waals surface area contributed by atoms with Gasteiger partial charge in [0, 0.05) is 17.8 Å². The maximum absolute atomic E-state index is 12.2. The summed E-state index contributed by atoms with van der Waals surface area (Å²) in [4.78, 5) is 36.2. The second kappa shape index (κ2) is 12.4. The summed E-state index contributed by atoms with van der Waals surface area (Å²) in [5.74, 6) is 0.102. The molecule has 0 bridgehead atoms. The predicted octanol–water partition coefficient (Wildman–Crippen LogP) is 5.56. The molecule has 2 N–H and O–H groups in total. The number of rotatable bonds is 10. The van der Waals surface area contributed by atoms with E-state index in [1.165, 1.54) is 0 Å². The third-order valence-electron chi connectivity index (χ3n) is 5.36. The van der Waals surface area contributed by atoms with Gasteiger partial charge < -0.3 is 20.1 Å². The van der Waals surface area contributed by atoms with Gasteiger partial charge in [-0.3, -0.25) is 14.4 Å². The maximum Gasteiger partial charge on any atom is 0.306 e. The van der Waals surface area contributed by atoms with Crippen LogP contribution in [0.25, 0.3) is 0 Å². The number of para-hydroxylation sites is 2. The zero-order chi connectivity index (χ0) is 25.2. The molecule has 7 heteroatoms. The van der Waals surface area contributed by atoms with Gasteiger partial charge in [0.2, 0.25) is 5.91 Å². The number of carbonyl (C=O) groups is 3. The highest BCUT2D eigenvalue weighted by molar-refractivity contribution is 5.94. The van der Waals surface area contributed by atoms with Crippen LogP contribution in [0.5, 0.6) is 11.5 Å². The molecular weight excluding hydrogens is 444 g/mol. The normalized spacial score (nSPS) is 10.4. The van der Waals surface area contributed by atoms with E-state index in [2.05, 4.69) is 10.6 Å². The second-order valence-electron chi connectivity index (χ2n) is 8.12. The van der Waals surface area contributed by atoms with Gasteiger partial charge in [-0.2, -0.15) is 0 Å². The number of anilines is 2. The van der Waals surface area contributed by atoms with Crippen LogP contribution in [0.2, 0.25) is 0 Å². The van der Waals surface area contributed by atoms with Crippen LogP contribution in [0, 0.1) is 13.8 Å². The highest BCUT2D eigenvalue weighted by Crippen LogP contribution is 2.29. The molecule has 0 heterocycles. The number of benzene rings is 3. The number of nitrogens with one attached hydrogen (secondary N) is 2. The van der Waals surface area contributed by atoms with Crippen LogP contribution in [-0.4, -0.2) is 24.4 Å². The third-order valence-corrected chi connectivity index (χ3v) is 5.36. The molecule has 182 valence electrons. The van der Waals surface area contributed by atoms with E-state index in [0.29, 0.717) is 17.1 Å². The van der Waals surface area contributed by atoms with E-state index in [-0.39, 0.29) is 18.7 Å². The summed E-state index contributed by atoms with van der Waals surface area (Å²) in [7, 11) is 0. The summed E-state index contributed by atoms with van der Waals surface area (Å²) < 4.78 is 11.0. The van der Waals surface area contributed by atoms with Crippen molar-refractivity contribution in [2.24, 2.45) is 0 Å². The van der Waals surface area contributed by atoms with Gasteiger partial charge in [0.25, 0.3) is 5.91 Å². The van der Waals surface area contributed by atoms with Crippen molar-refractivity contribution in [2.75, 3.05) is 17.2 Å². The van der Waals surface area contributed by atoms with Crippen molar-refractivity contribution in [3.63, 3.8) is 0 Å². The molecule has 35 heavy (non-hydrogen) atoms. The molecule has 3 aromatic rings. The largest absolute Gasteiger partial charge is 0.457 e. The first-order valence-electron chi connectivity index (χ1n) is 11.5. The minimum absolute atomic E-state index is 0.0558. The lowest BCUT2D eigenvalue weighted by molar-refractivity contribution is -0.147. The monoisotopic (exact) mass is 474 g/mol. The highest BCUT2D eigenvalue weighted by Gasteiger charge is 2.12. The molecule has 2 amide bonds. The molecule has 0 saturated heterocycles. The number of ether oxygens (including phenoxy) is 2. The smallest absolute Gasteiger partial charge is 0.306 e. The molecule has 3 aromatic carbocycles. The highest BCUT2D eigenvalue weighted by atomic mass is 16.5. The minimum atomic E-state index is -0.614. The van der Waals surface area contributed by atoms with Crippen molar-refractivity contribution >= 4 is 29.2 Å². The SMILES string of the molecule is CCc1ccccc1NC(=O)COC(=O)CCC(=O)Nc1ccc(Oc2c(C)cccc2C)cc1. The standard InChI is InChI=1S/C28H30N2O5/c1-4-21-10-5-6-11-24(21)30-26(32)18-34-27(33)17-16-25(31)29-22-12-14-23(15-13-22)35-28-19(2)8-7-9-20(28)3/h5-15H,4,16-18H2,1-3H3,(H,29,31)(H,30,32). The summed E-state index contributed by atoms with van der Waals surface area (Å²) in [5.41, 5.74) is 4.36. The van der Waals surface area contributed by atoms with Crippen LogP contribution in [0.3, 0.4) is 0 Å². The van der Waals surface area contributed by atoms with Gasteiger partial charge in [-0.25, -0.2) is 0 Å². The Bertz CT molecular complexity index is 1170. The van der Waals surface area contributed by atoms with Crippen LogP contribution in [0.1, 0.15) is 36.5 Å². The molecule has 0 atom stereocenters. The molecule has 0 spiro atoms. The van der Waals surface area contributed by atoms with Crippen molar-refractivity contribution in [2.45, 2.75) is 40.0 Å². The van der Waals surface area contributed by atoms with Gasteiger partial charge in [0.05, 0.1) is 6.42 Å². The van der Waals surface area contributed by atoms with E-state index in [4.69, 9.17) is 9.47 Å². The van der Waals surface area contributed by atoms with Crippen molar-refractivity contribution in [3.8, 4) is 11.5 Å². The second-order valence-corrected chi connectivity index (χ2v) is 8.12. The van der Waals surface area contributed by atoms with Crippen molar-refractivity contribution in [1.29, 1.82) is 0 Å². The number of amides is 2. The van der Waals surface area contributed by atoms with E-state index in [9.17, 15) is 14.4 Å². The number of hydrogen-bond donors (Lipinski definition) is 2. The molecule has 0 unspecified atom stereocenters. The fourth-order valence-corrected chi connectivity index (χ4v) is 3.48. The molecular formula is C28H30N2O5. The minimum Gasteiger partial charge on any atom is -0.457 e. The number of esters is 1. The lowest BCUT2D eigenvalue weighted by Gasteiger charge is -2.12. The number of hydrogen-bond acceptors (Lipinski definition) is 5. The van der Waals surface area contributed by atoms with E-state index < -0.39 is 18.5 Å². The van der Waals surface area contributed by atoms with Crippen LogP contribution >= 0.6 is 0 Å². The van der Waals surface area contributed by atoms with E-state index in [1.807, 2.05) is 57.2 Å². The summed E-state index contributed by atoms with van der Waals surface area (Å²) in [6, 6.07) is 20.4. The van der Waals surface area contributed by atoms with E-state index in [0.717, 1.165) is 28.9 Å². The summed E-state index contributed by atoms with van der Waals surface area (Å²) in [6.07, 6.45) is 0.589. The van der Waals surface area contributed by atoms with Gasteiger partial charge >= 0.3 is 5.97 Å². The van der Waals surface area contributed by atoms with Gasteiger partial charge in [-0.1, -0.05) is 43.3 Å². The Balaban J connectivity index is 1.40. The average molecular weight is 475 g/mol. The Morgan fingerprint density at radius 1 is 0.771 bits per heavy atom. The number of aryl methyl sites for hydroxylation is 3. The predicted molar refractivity (Wildman–Crippen MR) is 136 cm³/mol. The zero-order valence-corrected chi connectivity index (χ0v) is 20.2. The molecule has 3 rings (SSSR count). The Hall–Kier alpha value is -4.13. The van der Waals surface area contributed by atoms with Crippen molar-refractivity contribution in [1.82, 2.24) is 0 Å². The van der Waals surface area contributed by atoms with Gasteiger partial charge in [0.15, 0.2) is 6.61 Å². The maximum atomic E-state index is 12.2. The molecule has 0 radical (unpaired) electrons. The lowest BCUT2D eigenvalue weighted by atomic mass is 10.1. The van der Waals surface area contributed by atoms with Crippen LogP contribution in [0.4, 0.5) is 11.4 Å². The van der Waals surface area contributed by atoms with Crippen molar-refractivity contribution in [3.05, 3.63) is 83.4 Å². The lowest BCUT2D eigenvalue weighted by Crippen LogP contribution is -2.22. The van der Waals surface area contributed by atoms with Gasteiger partial charge in [0.1, 0.15) is 11.5 Å². The first-order valence-corrected chi connectivity index (χ1v) is 11.5. The quantitative estimate of drug-likeness (QED) is 0.375. The molecule has 7 nitrogen and oxygen atoms in total. The molecule has 0 aliphatic rings. The summed E-state index contributed by atoms with van der Waals surface area (Å²) in [5, 5.41) is 5.47. The fourth-order valence-electron chi connectivity index (χ4n) is 3.48. The van der Waals surface area contributed by atoms with Gasteiger partial charge in [-0.05, 0) is 67.3 Å². The van der Waals surface area contributed by atoms with Crippen molar-refractivity contribution < 1.29 is 23.9 Å². The van der Waals surface area contributed by atoms with Crippen LogP contribution < -0.4 is 15.4 Å². The molecule has 0 fully saturated rings. The Morgan fingerprint density at radius 2 is 1.46 bits per heavy atom. The topological polar surface area (TPSA) is 93.7 Å². The van der Waals surface area contributed by atoms with E-state index >= 15 is 0 Å². The Labute approximate surface area is 205 Å². The molecule has 0 aliphatic heterocycles. The third kappa shape index (κ3) is 7.71. The van der Waals surface area contributed by atoms with Gasteiger partial charge in [-0.15, -0.1) is 0 Å².